The van der Waals surface area contributed by atoms with Crippen LogP contribution in [0.3, 0.4) is 0 Å². The highest BCUT2D eigenvalue weighted by atomic mass is 35.5. The summed E-state index contributed by atoms with van der Waals surface area (Å²) in [6.07, 6.45) is 1.44. The molecule has 5 heteroatoms. The third-order valence-electron chi connectivity index (χ3n) is 2.52. The van der Waals surface area contributed by atoms with Crippen LogP contribution >= 0.6 is 11.6 Å². The molecule has 1 atom stereocenters. The van der Waals surface area contributed by atoms with Gasteiger partial charge in [-0.3, -0.25) is 0 Å². The lowest BCUT2D eigenvalue weighted by Gasteiger charge is -2.11. The summed E-state index contributed by atoms with van der Waals surface area (Å²) in [7, 11) is 1.41. The van der Waals surface area contributed by atoms with Crippen LogP contribution in [0.5, 0.6) is 5.75 Å². The third kappa shape index (κ3) is 2.28. The van der Waals surface area contributed by atoms with E-state index in [-0.39, 0.29) is 11.0 Å². The van der Waals surface area contributed by atoms with Gasteiger partial charge < -0.3 is 14.9 Å². The summed E-state index contributed by atoms with van der Waals surface area (Å²) in [5.41, 5.74) is 7.19. The first-order chi connectivity index (χ1) is 8.13. The number of halogens is 2. The van der Waals surface area contributed by atoms with Crippen LogP contribution in [0.2, 0.25) is 5.22 Å². The number of benzene rings is 1. The van der Waals surface area contributed by atoms with Crippen molar-refractivity contribution in [2.75, 3.05) is 7.11 Å². The molecule has 1 aromatic carbocycles. The van der Waals surface area contributed by atoms with Gasteiger partial charge in [-0.2, -0.15) is 0 Å². The molecule has 0 radical (unpaired) electrons. The van der Waals surface area contributed by atoms with Crippen LogP contribution in [0.4, 0.5) is 4.39 Å². The van der Waals surface area contributed by atoms with Gasteiger partial charge in [0.15, 0.2) is 16.8 Å². The summed E-state index contributed by atoms with van der Waals surface area (Å²) in [5.74, 6) is -0.278. The third-order valence-corrected chi connectivity index (χ3v) is 2.82. The molecule has 3 nitrogen and oxygen atoms in total. The van der Waals surface area contributed by atoms with E-state index in [9.17, 15) is 4.39 Å². The molecule has 2 rings (SSSR count). The summed E-state index contributed by atoms with van der Waals surface area (Å²) < 4.78 is 23.3. The van der Waals surface area contributed by atoms with Crippen molar-refractivity contribution in [1.29, 1.82) is 0 Å². The van der Waals surface area contributed by atoms with Crippen molar-refractivity contribution in [2.45, 2.75) is 6.04 Å². The van der Waals surface area contributed by atoms with Crippen LogP contribution in [-0.2, 0) is 0 Å². The molecule has 2 aromatic rings. The highest BCUT2D eigenvalue weighted by Crippen LogP contribution is 2.29. The first-order valence-electron chi connectivity index (χ1n) is 4.95. The van der Waals surface area contributed by atoms with Crippen molar-refractivity contribution in [3.05, 3.63) is 52.7 Å². The van der Waals surface area contributed by atoms with E-state index in [1.807, 2.05) is 0 Å². The highest BCUT2D eigenvalue weighted by Gasteiger charge is 2.16. The van der Waals surface area contributed by atoms with E-state index in [0.29, 0.717) is 11.1 Å². The molecule has 0 bridgehead atoms. The molecule has 1 aromatic heterocycles. The Labute approximate surface area is 103 Å². The molecule has 1 heterocycles. The summed E-state index contributed by atoms with van der Waals surface area (Å²) in [5, 5.41) is 0.216. The molecule has 0 aliphatic carbocycles. The Hall–Kier alpha value is -1.52. The van der Waals surface area contributed by atoms with E-state index in [1.54, 1.807) is 12.1 Å². The van der Waals surface area contributed by atoms with Crippen molar-refractivity contribution in [3.63, 3.8) is 0 Å². The quantitative estimate of drug-likeness (QED) is 0.917. The molecule has 0 fully saturated rings. The summed E-state index contributed by atoms with van der Waals surface area (Å²) in [4.78, 5) is 0. The van der Waals surface area contributed by atoms with Crippen molar-refractivity contribution < 1.29 is 13.5 Å². The number of furan rings is 1. The monoisotopic (exact) mass is 255 g/mol. The van der Waals surface area contributed by atoms with Crippen LogP contribution in [0.25, 0.3) is 0 Å². The Kier molecular flexibility index (Phi) is 3.36. The number of hydrogen-bond donors (Lipinski definition) is 1. The second-order valence-corrected chi connectivity index (χ2v) is 3.86. The number of hydrogen-bond acceptors (Lipinski definition) is 3. The maximum absolute atomic E-state index is 13.5. The smallest absolute Gasteiger partial charge is 0.198 e. The molecule has 17 heavy (non-hydrogen) atoms. The number of methoxy groups -OCH3 is 1. The highest BCUT2D eigenvalue weighted by molar-refractivity contribution is 6.29. The van der Waals surface area contributed by atoms with Crippen LogP contribution in [-0.4, -0.2) is 7.11 Å². The molecule has 2 N–H and O–H groups in total. The van der Waals surface area contributed by atoms with Gasteiger partial charge in [-0.05, 0) is 35.4 Å². The van der Waals surface area contributed by atoms with Gasteiger partial charge in [0.25, 0.3) is 0 Å². The van der Waals surface area contributed by atoms with E-state index in [4.69, 9.17) is 26.5 Å². The van der Waals surface area contributed by atoms with Gasteiger partial charge >= 0.3 is 0 Å². The van der Waals surface area contributed by atoms with Crippen LogP contribution in [0.1, 0.15) is 17.2 Å². The van der Waals surface area contributed by atoms with Gasteiger partial charge in [0.05, 0.1) is 19.4 Å². The van der Waals surface area contributed by atoms with E-state index >= 15 is 0 Å². The second kappa shape index (κ2) is 4.77. The lowest BCUT2D eigenvalue weighted by molar-refractivity contribution is 0.386. The number of rotatable bonds is 3. The zero-order chi connectivity index (χ0) is 12.4. The maximum Gasteiger partial charge on any atom is 0.198 e. The predicted molar refractivity (Wildman–Crippen MR) is 62.7 cm³/mol. The molecular weight excluding hydrogens is 245 g/mol. The zero-order valence-corrected chi connectivity index (χ0v) is 9.87. The average molecular weight is 256 g/mol. The normalized spacial score (nSPS) is 12.5. The van der Waals surface area contributed by atoms with E-state index in [0.717, 1.165) is 0 Å². The summed E-state index contributed by atoms with van der Waals surface area (Å²) in [6, 6.07) is 5.68. The number of nitrogens with two attached hydrogens (primary N) is 1. The molecule has 0 saturated heterocycles. The first-order valence-corrected chi connectivity index (χ1v) is 5.33. The first kappa shape index (κ1) is 12.0. The molecule has 1 unspecified atom stereocenters. The summed E-state index contributed by atoms with van der Waals surface area (Å²) in [6.45, 7) is 0. The molecule has 0 saturated carbocycles. The standard InChI is InChI=1S/C12H11ClFNO2/c1-16-10-3-2-7(6-9(10)14)11(15)8-4-5-17-12(8)13/h2-6,11H,15H2,1H3. The molecular formula is C12H11ClFNO2. The molecule has 0 spiro atoms. The van der Waals surface area contributed by atoms with Gasteiger partial charge in [0.1, 0.15) is 0 Å². The molecule has 0 amide bonds. The minimum absolute atomic E-state index is 0.180. The lowest BCUT2D eigenvalue weighted by Crippen LogP contribution is -2.11. The maximum atomic E-state index is 13.5. The Balaban J connectivity index is 2.35. The molecule has 90 valence electrons. The van der Waals surface area contributed by atoms with Crippen molar-refractivity contribution in [1.82, 2.24) is 0 Å². The second-order valence-electron chi connectivity index (χ2n) is 3.52. The van der Waals surface area contributed by atoms with Gasteiger partial charge in [-0.1, -0.05) is 6.07 Å². The van der Waals surface area contributed by atoms with Gasteiger partial charge in [-0.25, -0.2) is 4.39 Å². The van der Waals surface area contributed by atoms with E-state index < -0.39 is 11.9 Å². The van der Waals surface area contributed by atoms with Crippen molar-refractivity contribution >= 4 is 11.6 Å². The Bertz CT molecular complexity index is 527. The topological polar surface area (TPSA) is 48.4 Å². The fourth-order valence-electron chi connectivity index (χ4n) is 1.58. The Morgan fingerprint density at radius 1 is 1.41 bits per heavy atom. The lowest BCUT2D eigenvalue weighted by atomic mass is 10.0. The van der Waals surface area contributed by atoms with E-state index in [2.05, 4.69) is 0 Å². The van der Waals surface area contributed by atoms with Gasteiger partial charge in [-0.15, -0.1) is 0 Å². The van der Waals surface area contributed by atoms with Crippen LogP contribution in [0, 0.1) is 5.82 Å². The summed E-state index contributed by atoms with van der Waals surface area (Å²) >= 11 is 5.82. The van der Waals surface area contributed by atoms with Crippen molar-refractivity contribution in [3.8, 4) is 5.75 Å². The predicted octanol–water partition coefficient (Wildman–Crippen LogP) is 3.13. The zero-order valence-electron chi connectivity index (χ0n) is 9.11. The van der Waals surface area contributed by atoms with E-state index in [1.165, 1.54) is 25.5 Å². The molecule has 0 aliphatic rings. The van der Waals surface area contributed by atoms with Crippen molar-refractivity contribution in [2.24, 2.45) is 5.73 Å². The fraction of sp³-hybridized carbons (Fsp3) is 0.167. The number of ether oxygens (including phenoxy) is 1. The minimum atomic E-state index is -0.526. The molecule has 0 aliphatic heterocycles. The van der Waals surface area contributed by atoms with Gasteiger partial charge in [0.2, 0.25) is 0 Å². The Morgan fingerprint density at radius 2 is 2.18 bits per heavy atom. The fourth-order valence-corrected chi connectivity index (χ4v) is 1.81. The minimum Gasteiger partial charge on any atom is -0.494 e. The average Bonchev–Trinajstić information content (AvgIpc) is 2.74. The van der Waals surface area contributed by atoms with Crippen LogP contribution < -0.4 is 10.5 Å². The SMILES string of the molecule is COc1ccc(C(N)c2ccoc2Cl)cc1F. The van der Waals surface area contributed by atoms with Crippen LogP contribution in [0.15, 0.2) is 34.9 Å². The Morgan fingerprint density at radius 3 is 2.71 bits per heavy atom. The largest absolute Gasteiger partial charge is 0.494 e. The van der Waals surface area contributed by atoms with Gasteiger partial charge in [0, 0.05) is 5.56 Å².